The molecule has 3 rings (SSSR count). The van der Waals surface area contributed by atoms with Crippen LogP contribution in [0.3, 0.4) is 0 Å². The second-order valence-corrected chi connectivity index (χ2v) is 7.37. The summed E-state index contributed by atoms with van der Waals surface area (Å²) in [6.07, 6.45) is 0. The van der Waals surface area contributed by atoms with Crippen LogP contribution in [0.1, 0.15) is 19.4 Å². The number of para-hydroxylation sites is 2. The first kappa shape index (κ1) is 21.0. The molecule has 1 saturated heterocycles. The lowest BCUT2D eigenvalue weighted by Gasteiger charge is -2.22. The predicted octanol–water partition coefficient (Wildman–Crippen LogP) is 3.80. The number of anilines is 1. The molecule has 0 spiro atoms. The summed E-state index contributed by atoms with van der Waals surface area (Å²) >= 11 is 12.0. The molecule has 2 aromatic carbocycles. The molecule has 0 saturated carbocycles. The van der Waals surface area contributed by atoms with Crippen molar-refractivity contribution >= 4 is 46.7 Å². The van der Waals surface area contributed by atoms with Gasteiger partial charge in [-0.05, 0) is 43.7 Å². The van der Waals surface area contributed by atoms with Gasteiger partial charge in [0.1, 0.15) is 17.8 Å². The Bertz CT molecular complexity index is 982. The molecule has 2 aromatic rings. The van der Waals surface area contributed by atoms with E-state index in [0.29, 0.717) is 28.6 Å². The van der Waals surface area contributed by atoms with Crippen molar-refractivity contribution in [1.29, 1.82) is 0 Å². The normalized spacial score (nSPS) is 18.6. The lowest BCUT2D eigenvalue weighted by Crippen LogP contribution is -2.42. The molecule has 0 bridgehead atoms. The molecule has 1 atom stereocenters. The van der Waals surface area contributed by atoms with Crippen LogP contribution in [-0.4, -0.2) is 35.9 Å². The Kier molecular flexibility index (Phi) is 6.00. The topological polar surface area (TPSA) is 87.7 Å². The van der Waals surface area contributed by atoms with E-state index in [1.54, 1.807) is 43.3 Å². The third kappa shape index (κ3) is 4.16. The fourth-order valence-corrected chi connectivity index (χ4v) is 3.33. The highest BCUT2D eigenvalue weighted by Gasteiger charge is 2.49. The predicted molar refractivity (Wildman–Crippen MR) is 110 cm³/mol. The standard InChI is InChI=1S/C20H19Cl2N3O4/c1-3-29-16-7-5-4-6-15(16)23-17(26)11-25-18(27)20(2,24-19(25)28)12-8-9-13(21)14(22)10-12/h4-10H,3,11H2,1-2H3,(H,23,26)(H,24,28). The van der Waals surface area contributed by atoms with Crippen LogP contribution >= 0.6 is 23.2 Å². The summed E-state index contributed by atoms with van der Waals surface area (Å²) in [7, 11) is 0. The first-order valence-corrected chi connectivity index (χ1v) is 9.63. The number of hydrogen-bond donors (Lipinski definition) is 2. The maximum atomic E-state index is 13.0. The summed E-state index contributed by atoms with van der Waals surface area (Å²) in [5.41, 5.74) is -0.428. The molecule has 4 amide bonds. The van der Waals surface area contributed by atoms with Crippen molar-refractivity contribution in [3.63, 3.8) is 0 Å². The number of nitrogens with one attached hydrogen (secondary N) is 2. The van der Waals surface area contributed by atoms with Gasteiger partial charge >= 0.3 is 6.03 Å². The minimum atomic E-state index is -1.35. The van der Waals surface area contributed by atoms with Crippen LogP contribution in [-0.2, 0) is 15.1 Å². The molecule has 1 fully saturated rings. The van der Waals surface area contributed by atoms with Crippen molar-refractivity contribution in [3.05, 3.63) is 58.1 Å². The first-order valence-electron chi connectivity index (χ1n) is 8.87. The fourth-order valence-electron chi connectivity index (χ4n) is 3.03. The van der Waals surface area contributed by atoms with Crippen LogP contribution in [0.5, 0.6) is 5.75 Å². The van der Waals surface area contributed by atoms with Gasteiger partial charge < -0.3 is 15.4 Å². The lowest BCUT2D eigenvalue weighted by molar-refractivity contribution is -0.133. The van der Waals surface area contributed by atoms with Crippen molar-refractivity contribution in [1.82, 2.24) is 10.2 Å². The monoisotopic (exact) mass is 435 g/mol. The van der Waals surface area contributed by atoms with Gasteiger partial charge in [-0.15, -0.1) is 0 Å². The highest BCUT2D eigenvalue weighted by atomic mass is 35.5. The Hall–Kier alpha value is -2.77. The molecule has 0 aliphatic carbocycles. The molecule has 0 aromatic heterocycles. The zero-order valence-electron chi connectivity index (χ0n) is 15.8. The summed E-state index contributed by atoms with van der Waals surface area (Å²) in [6.45, 7) is 3.37. The van der Waals surface area contributed by atoms with Crippen LogP contribution in [0, 0.1) is 0 Å². The summed E-state index contributed by atoms with van der Waals surface area (Å²) in [5.74, 6) is -0.589. The average Bonchev–Trinajstić information content (AvgIpc) is 2.90. The van der Waals surface area contributed by atoms with E-state index in [1.807, 2.05) is 6.92 Å². The summed E-state index contributed by atoms with van der Waals surface area (Å²) < 4.78 is 5.46. The summed E-state index contributed by atoms with van der Waals surface area (Å²) in [5, 5.41) is 5.89. The third-order valence-electron chi connectivity index (χ3n) is 4.53. The first-order chi connectivity index (χ1) is 13.8. The smallest absolute Gasteiger partial charge is 0.325 e. The van der Waals surface area contributed by atoms with Crippen molar-refractivity contribution in [2.45, 2.75) is 19.4 Å². The van der Waals surface area contributed by atoms with Gasteiger partial charge in [0, 0.05) is 0 Å². The maximum absolute atomic E-state index is 13.0. The van der Waals surface area contributed by atoms with Crippen molar-refractivity contribution in [2.75, 3.05) is 18.5 Å². The fraction of sp³-hybridized carbons (Fsp3) is 0.250. The van der Waals surface area contributed by atoms with Crippen LogP contribution in [0.2, 0.25) is 10.0 Å². The van der Waals surface area contributed by atoms with Gasteiger partial charge in [0.05, 0.1) is 22.3 Å². The lowest BCUT2D eigenvalue weighted by atomic mass is 9.92. The van der Waals surface area contributed by atoms with E-state index < -0.39 is 29.9 Å². The van der Waals surface area contributed by atoms with Crippen molar-refractivity contribution in [2.24, 2.45) is 0 Å². The molecule has 9 heteroatoms. The number of urea groups is 1. The molecule has 7 nitrogen and oxygen atoms in total. The van der Waals surface area contributed by atoms with E-state index >= 15 is 0 Å². The van der Waals surface area contributed by atoms with Gasteiger partial charge in [0.15, 0.2) is 0 Å². The van der Waals surface area contributed by atoms with E-state index in [9.17, 15) is 14.4 Å². The Balaban J connectivity index is 1.76. The van der Waals surface area contributed by atoms with Gasteiger partial charge in [-0.3, -0.25) is 14.5 Å². The molecule has 1 heterocycles. The number of carbonyl (C=O) groups excluding carboxylic acids is 3. The number of nitrogens with zero attached hydrogens (tertiary/aromatic N) is 1. The molecule has 152 valence electrons. The Morgan fingerprint density at radius 2 is 1.90 bits per heavy atom. The molecule has 1 aliphatic rings. The number of rotatable bonds is 6. The van der Waals surface area contributed by atoms with Crippen molar-refractivity contribution < 1.29 is 19.1 Å². The average molecular weight is 436 g/mol. The van der Waals surface area contributed by atoms with E-state index in [2.05, 4.69) is 10.6 Å². The molecule has 1 aliphatic heterocycles. The van der Waals surface area contributed by atoms with Crippen LogP contribution in [0.25, 0.3) is 0 Å². The minimum Gasteiger partial charge on any atom is -0.492 e. The van der Waals surface area contributed by atoms with Crippen LogP contribution in [0.15, 0.2) is 42.5 Å². The molecule has 29 heavy (non-hydrogen) atoms. The van der Waals surface area contributed by atoms with E-state index in [4.69, 9.17) is 27.9 Å². The number of carbonyl (C=O) groups is 3. The van der Waals surface area contributed by atoms with Gasteiger partial charge in [-0.2, -0.15) is 0 Å². The molecule has 0 radical (unpaired) electrons. The third-order valence-corrected chi connectivity index (χ3v) is 5.27. The van der Waals surface area contributed by atoms with Gasteiger partial charge in [-0.25, -0.2) is 4.79 Å². The molecular formula is C20H19Cl2N3O4. The van der Waals surface area contributed by atoms with Gasteiger partial charge in [0.25, 0.3) is 5.91 Å². The van der Waals surface area contributed by atoms with Crippen LogP contribution in [0.4, 0.5) is 10.5 Å². The van der Waals surface area contributed by atoms with Crippen LogP contribution < -0.4 is 15.4 Å². The Morgan fingerprint density at radius 1 is 1.17 bits per heavy atom. The SMILES string of the molecule is CCOc1ccccc1NC(=O)CN1C(=O)NC(C)(c2ccc(Cl)c(Cl)c2)C1=O. The number of benzene rings is 2. The zero-order chi connectivity index (χ0) is 21.2. The zero-order valence-corrected chi connectivity index (χ0v) is 17.3. The largest absolute Gasteiger partial charge is 0.492 e. The van der Waals surface area contributed by atoms with Gasteiger partial charge in [-0.1, -0.05) is 41.4 Å². The Morgan fingerprint density at radius 3 is 2.59 bits per heavy atom. The second kappa shape index (κ2) is 8.31. The quantitative estimate of drug-likeness (QED) is 0.675. The number of halogens is 2. The number of ether oxygens (including phenoxy) is 1. The molecule has 2 N–H and O–H groups in total. The van der Waals surface area contributed by atoms with Crippen molar-refractivity contribution in [3.8, 4) is 5.75 Å². The molecule has 1 unspecified atom stereocenters. The summed E-state index contributed by atoms with van der Waals surface area (Å²) in [4.78, 5) is 38.7. The van der Waals surface area contributed by atoms with Gasteiger partial charge in [0.2, 0.25) is 5.91 Å². The second-order valence-electron chi connectivity index (χ2n) is 6.55. The van der Waals surface area contributed by atoms with E-state index in [1.165, 1.54) is 6.07 Å². The number of imide groups is 1. The summed E-state index contributed by atoms with van der Waals surface area (Å²) in [6, 6.07) is 10.9. The number of amides is 4. The minimum absolute atomic E-state index is 0.260. The maximum Gasteiger partial charge on any atom is 0.325 e. The van der Waals surface area contributed by atoms with E-state index in [0.717, 1.165) is 4.90 Å². The number of hydrogen-bond acceptors (Lipinski definition) is 4. The Labute approximate surface area is 177 Å². The highest BCUT2D eigenvalue weighted by Crippen LogP contribution is 2.33. The highest BCUT2D eigenvalue weighted by molar-refractivity contribution is 6.42. The van der Waals surface area contributed by atoms with E-state index in [-0.39, 0.29) is 5.02 Å². The molecular weight excluding hydrogens is 417 g/mol.